The van der Waals surface area contributed by atoms with E-state index in [1.54, 1.807) is 0 Å². The van der Waals surface area contributed by atoms with E-state index in [1.165, 1.54) is 0 Å². The van der Waals surface area contributed by atoms with Gasteiger partial charge in [-0.25, -0.2) is 0 Å². The zero-order valence-corrected chi connectivity index (χ0v) is 6.69. The fourth-order valence-corrected chi connectivity index (χ4v) is 1.08. The van der Waals surface area contributed by atoms with Gasteiger partial charge in [0.2, 0.25) is 0 Å². The predicted molar refractivity (Wildman–Crippen MR) is 38.6 cm³/mol. The quantitative estimate of drug-likeness (QED) is 0.439. The first-order chi connectivity index (χ1) is 5.09. The summed E-state index contributed by atoms with van der Waals surface area (Å²) in [6, 6.07) is 0.460. The van der Waals surface area contributed by atoms with Crippen LogP contribution in [0.3, 0.4) is 0 Å². The molecule has 0 saturated carbocycles. The van der Waals surface area contributed by atoms with Crippen molar-refractivity contribution in [3.05, 3.63) is 10.1 Å². The molecule has 0 N–H and O–H groups in total. The van der Waals surface area contributed by atoms with Gasteiger partial charge in [0.1, 0.15) is 6.10 Å². The molecule has 0 radical (unpaired) electrons. The summed E-state index contributed by atoms with van der Waals surface area (Å²) in [6.45, 7) is 5.47. The average molecular weight is 160 g/mol. The second kappa shape index (κ2) is 3.04. The summed E-state index contributed by atoms with van der Waals surface area (Å²) in [5.41, 5.74) is 0. The third-order valence-electron chi connectivity index (χ3n) is 1.84. The number of hydrogen-bond acceptors (Lipinski definition) is 4. The van der Waals surface area contributed by atoms with E-state index in [2.05, 4.69) is 23.6 Å². The monoisotopic (exact) mass is 160 g/mol. The summed E-state index contributed by atoms with van der Waals surface area (Å²) in [5.74, 6) is 0. The van der Waals surface area contributed by atoms with E-state index in [4.69, 9.17) is 0 Å². The molecule has 1 rings (SSSR count). The van der Waals surface area contributed by atoms with Gasteiger partial charge in [0.15, 0.2) is 0 Å². The van der Waals surface area contributed by atoms with Crippen molar-refractivity contribution in [2.75, 3.05) is 13.1 Å². The summed E-state index contributed by atoms with van der Waals surface area (Å²) in [7, 11) is 0. The fraction of sp³-hybridized carbons (Fsp3) is 1.00. The SMILES string of the molecule is CC(C)N1CC(O[N+](=O)[O-])C1. The Bertz CT molecular complexity index is 154. The Morgan fingerprint density at radius 3 is 2.55 bits per heavy atom. The highest BCUT2D eigenvalue weighted by atomic mass is 17.0. The van der Waals surface area contributed by atoms with E-state index >= 15 is 0 Å². The molecule has 0 atom stereocenters. The average Bonchev–Trinajstić information content (AvgIpc) is 1.75. The van der Waals surface area contributed by atoms with Crippen molar-refractivity contribution in [2.24, 2.45) is 0 Å². The normalized spacial score (nSPS) is 19.9. The van der Waals surface area contributed by atoms with E-state index in [0.29, 0.717) is 19.1 Å². The molecule has 0 aromatic carbocycles. The van der Waals surface area contributed by atoms with Gasteiger partial charge >= 0.3 is 0 Å². The first kappa shape index (κ1) is 8.26. The zero-order chi connectivity index (χ0) is 8.43. The van der Waals surface area contributed by atoms with Crippen LogP contribution in [0, 0.1) is 10.1 Å². The molecule has 0 aliphatic carbocycles. The second-order valence-corrected chi connectivity index (χ2v) is 3.00. The summed E-state index contributed by atoms with van der Waals surface area (Å²) in [5, 5.41) is 9.12. The molecule has 0 aromatic heterocycles. The summed E-state index contributed by atoms with van der Waals surface area (Å²) in [6.07, 6.45) is -0.201. The Hall–Kier alpha value is -0.840. The summed E-state index contributed by atoms with van der Waals surface area (Å²) in [4.78, 5) is 16.3. The van der Waals surface area contributed by atoms with Gasteiger partial charge in [-0.1, -0.05) is 0 Å². The third kappa shape index (κ3) is 2.04. The van der Waals surface area contributed by atoms with Crippen LogP contribution in [0.25, 0.3) is 0 Å². The highest BCUT2D eigenvalue weighted by Crippen LogP contribution is 2.14. The number of nitrogens with zero attached hydrogens (tertiary/aromatic N) is 2. The molecule has 5 heteroatoms. The Labute approximate surface area is 65.0 Å². The van der Waals surface area contributed by atoms with Crippen LogP contribution < -0.4 is 0 Å². The lowest BCUT2D eigenvalue weighted by Crippen LogP contribution is -2.55. The minimum atomic E-state index is -0.720. The molecule has 1 saturated heterocycles. The van der Waals surface area contributed by atoms with E-state index in [9.17, 15) is 10.1 Å². The van der Waals surface area contributed by atoms with Crippen LogP contribution in [0.5, 0.6) is 0 Å². The standard InChI is InChI=1S/C6H12N2O3/c1-5(2)7-3-6(4-7)11-8(9)10/h5-6H,3-4H2,1-2H3. The maximum atomic E-state index is 9.84. The minimum Gasteiger partial charge on any atom is -0.308 e. The lowest BCUT2D eigenvalue weighted by atomic mass is 10.1. The molecule has 1 aliphatic heterocycles. The molecule has 1 heterocycles. The van der Waals surface area contributed by atoms with Gasteiger partial charge in [0.05, 0.1) is 0 Å². The second-order valence-electron chi connectivity index (χ2n) is 3.00. The van der Waals surface area contributed by atoms with Crippen LogP contribution in [0.2, 0.25) is 0 Å². The maximum absolute atomic E-state index is 9.84. The highest BCUT2D eigenvalue weighted by Gasteiger charge is 2.30. The lowest BCUT2D eigenvalue weighted by molar-refractivity contribution is -0.771. The third-order valence-corrected chi connectivity index (χ3v) is 1.84. The molecule has 0 amide bonds. The molecule has 0 aromatic rings. The molecular formula is C6H12N2O3. The van der Waals surface area contributed by atoms with Crippen LogP contribution >= 0.6 is 0 Å². The van der Waals surface area contributed by atoms with E-state index in [1.807, 2.05) is 0 Å². The number of hydrogen-bond donors (Lipinski definition) is 0. The van der Waals surface area contributed by atoms with E-state index in [0.717, 1.165) is 0 Å². The van der Waals surface area contributed by atoms with E-state index in [-0.39, 0.29) is 6.10 Å². The summed E-state index contributed by atoms with van der Waals surface area (Å²) >= 11 is 0. The Kier molecular flexibility index (Phi) is 2.28. The fourth-order valence-electron chi connectivity index (χ4n) is 1.08. The molecule has 1 aliphatic rings. The predicted octanol–water partition coefficient (Wildman–Crippen LogP) is 0.287. The largest absolute Gasteiger partial charge is 0.308 e. The van der Waals surface area contributed by atoms with Crippen molar-refractivity contribution in [3.8, 4) is 0 Å². The molecule has 11 heavy (non-hydrogen) atoms. The molecule has 1 fully saturated rings. The van der Waals surface area contributed by atoms with Gasteiger partial charge in [-0.15, -0.1) is 10.1 Å². The smallest absolute Gasteiger partial charge is 0.294 e. The Morgan fingerprint density at radius 1 is 1.64 bits per heavy atom. The van der Waals surface area contributed by atoms with Crippen LogP contribution in [-0.2, 0) is 4.84 Å². The molecule has 0 bridgehead atoms. The van der Waals surface area contributed by atoms with Gasteiger partial charge in [0.25, 0.3) is 5.09 Å². The van der Waals surface area contributed by atoms with Crippen molar-refractivity contribution < 1.29 is 9.92 Å². The molecular weight excluding hydrogens is 148 g/mol. The van der Waals surface area contributed by atoms with Crippen molar-refractivity contribution in [2.45, 2.75) is 26.0 Å². The topological polar surface area (TPSA) is 55.6 Å². The van der Waals surface area contributed by atoms with Crippen molar-refractivity contribution in [3.63, 3.8) is 0 Å². The van der Waals surface area contributed by atoms with Crippen LogP contribution in [-0.4, -0.2) is 35.2 Å². The molecule has 64 valence electrons. The zero-order valence-electron chi connectivity index (χ0n) is 6.69. The van der Waals surface area contributed by atoms with Crippen molar-refractivity contribution in [1.29, 1.82) is 0 Å². The van der Waals surface area contributed by atoms with Crippen LogP contribution in [0.1, 0.15) is 13.8 Å². The van der Waals surface area contributed by atoms with E-state index < -0.39 is 5.09 Å². The van der Waals surface area contributed by atoms with Crippen LogP contribution in [0.15, 0.2) is 0 Å². The first-order valence-electron chi connectivity index (χ1n) is 3.65. The van der Waals surface area contributed by atoms with Gasteiger partial charge in [-0.3, -0.25) is 4.90 Å². The number of likely N-dealkylation sites (tertiary alicyclic amines) is 1. The highest BCUT2D eigenvalue weighted by molar-refractivity contribution is 4.81. The molecule has 5 nitrogen and oxygen atoms in total. The Morgan fingerprint density at radius 2 is 2.18 bits per heavy atom. The van der Waals surface area contributed by atoms with Gasteiger partial charge in [-0.2, -0.15) is 0 Å². The number of rotatable bonds is 3. The first-order valence-corrected chi connectivity index (χ1v) is 3.65. The minimum absolute atomic E-state index is 0.201. The summed E-state index contributed by atoms with van der Waals surface area (Å²) < 4.78 is 0. The Balaban J connectivity index is 2.14. The van der Waals surface area contributed by atoms with Gasteiger partial charge < -0.3 is 4.84 Å². The van der Waals surface area contributed by atoms with Crippen LogP contribution in [0.4, 0.5) is 0 Å². The molecule has 0 spiro atoms. The van der Waals surface area contributed by atoms with Crippen molar-refractivity contribution >= 4 is 0 Å². The lowest BCUT2D eigenvalue weighted by Gasteiger charge is -2.40. The van der Waals surface area contributed by atoms with Gasteiger partial charge in [0, 0.05) is 19.1 Å². The van der Waals surface area contributed by atoms with Gasteiger partial charge in [-0.05, 0) is 13.8 Å². The maximum Gasteiger partial charge on any atom is 0.294 e. The van der Waals surface area contributed by atoms with Crippen molar-refractivity contribution in [1.82, 2.24) is 4.90 Å². The molecule has 0 unspecified atom stereocenters.